The minimum Gasteiger partial charge on any atom is -0.497 e. The van der Waals surface area contributed by atoms with Gasteiger partial charge in [0.25, 0.3) is 11.5 Å². The molecule has 1 N–H and O–H groups in total. The highest BCUT2D eigenvalue weighted by Crippen LogP contribution is 2.20. The molecule has 2 heterocycles. The normalized spacial score (nSPS) is 10.8. The van der Waals surface area contributed by atoms with E-state index in [0.717, 1.165) is 16.5 Å². The number of fused-ring (bicyclic) bond motifs is 1. The van der Waals surface area contributed by atoms with Crippen LogP contribution in [0, 0.1) is 6.92 Å². The molecule has 0 saturated heterocycles. The molecule has 6 heteroatoms. The molecular weight excluding hydrogens is 390 g/mol. The van der Waals surface area contributed by atoms with E-state index < -0.39 is 0 Å². The highest BCUT2D eigenvalue weighted by atomic mass is 16.5. The standard InChI is InChI=1S/C25H23N3O3/c1-17-5-7-19(8-6-17)25(30)28(15-18-4-3-11-26-14-18)16-21-12-20-9-10-22(31-2)13-23(20)27-24(21)29/h3-14H,15-16H2,1-2H3,(H,27,29). The van der Waals surface area contributed by atoms with Gasteiger partial charge >= 0.3 is 0 Å². The summed E-state index contributed by atoms with van der Waals surface area (Å²) in [6.07, 6.45) is 3.42. The lowest BCUT2D eigenvalue weighted by Crippen LogP contribution is -2.32. The first-order chi connectivity index (χ1) is 15.0. The van der Waals surface area contributed by atoms with Crippen molar-refractivity contribution in [2.45, 2.75) is 20.0 Å². The van der Waals surface area contributed by atoms with Crippen molar-refractivity contribution in [2.75, 3.05) is 7.11 Å². The molecule has 0 unspecified atom stereocenters. The van der Waals surface area contributed by atoms with Crippen LogP contribution in [0.1, 0.15) is 27.0 Å². The fraction of sp³-hybridized carbons (Fsp3) is 0.160. The van der Waals surface area contributed by atoms with Gasteiger partial charge in [0.2, 0.25) is 0 Å². The number of H-pyrrole nitrogens is 1. The molecule has 156 valence electrons. The minimum absolute atomic E-state index is 0.141. The minimum atomic E-state index is -0.228. The molecule has 0 radical (unpaired) electrons. The number of nitrogens with zero attached hydrogens (tertiary/aromatic N) is 2. The lowest BCUT2D eigenvalue weighted by Gasteiger charge is -2.23. The van der Waals surface area contributed by atoms with Crippen LogP contribution in [0.3, 0.4) is 0 Å². The summed E-state index contributed by atoms with van der Waals surface area (Å²) in [5.41, 5.74) is 3.53. The molecule has 0 aliphatic carbocycles. The van der Waals surface area contributed by atoms with Crippen LogP contribution in [0.4, 0.5) is 0 Å². The Morgan fingerprint density at radius 3 is 2.58 bits per heavy atom. The second-order valence-electron chi connectivity index (χ2n) is 7.47. The topological polar surface area (TPSA) is 75.3 Å². The second kappa shape index (κ2) is 8.83. The number of carbonyl (C=O) groups excluding carboxylic acids is 1. The van der Waals surface area contributed by atoms with Crippen LogP contribution in [-0.2, 0) is 13.1 Å². The number of nitrogens with one attached hydrogen (secondary N) is 1. The van der Waals surface area contributed by atoms with Gasteiger partial charge in [0.1, 0.15) is 5.75 Å². The van der Waals surface area contributed by atoms with Crippen LogP contribution < -0.4 is 10.3 Å². The van der Waals surface area contributed by atoms with Gasteiger partial charge in [0.05, 0.1) is 19.2 Å². The number of pyridine rings is 2. The number of ether oxygens (including phenoxy) is 1. The van der Waals surface area contributed by atoms with Crippen LogP contribution in [0.2, 0.25) is 0 Å². The van der Waals surface area contributed by atoms with Crippen molar-refractivity contribution in [1.29, 1.82) is 0 Å². The van der Waals surface area contributed by atoms with E-state index in [2.05, 4.69) is 9.97 Å². The van der Waals surface area contributed by atoms with Crippen LogP contribution >= 0.6 is 0 Å². The molecule has 1 amide bonds. The van der Waals surface area contributed by atoms with Crippen molar-refractivity contribution in [3.63, 3.8) is 0 Å². The number of methoxy groups -OCH3 is 1. The molecule has 0 aliphatic rings. The van der Waals surface area contributed by atoms with Crippen molar-refractivity contribution in [2.24, 2.45) is 0 Å². The van der Waals surface area contributed by atoms with E-state index in [0.29, 0.717) is 28.9 Å². The lowest BCUT2D eigenvalue weighted by molar-refractivity contribution is 0.0729. The maximum absolute atomic E-state index is 13.3. The molecule has 0 fully saturated rings. The first-order valence-electron chi connectivity index (χ1n) is 9.98. The zero-order chi connectivity index (χ0) is 21.8. The molecule has 0 bridgehead atoms. The van der Waals surface area contributed by atoms with Gasteiger partial charge in [-0.15, -0.1) is 0 Å². The van der Waals surface area contributed by atoms with Gasteiger partial charge in [-0.05, 0) is 54.3 Å². The summed E-state index contributed by atoms with van der Waals surface area (Å²) < 4.78 is 5.23. The van der Waals surface area contributed by atoms with E-state index in [1.165, 1.54) is 0 Å². The summed E-state index contributed by atoms with van der Waals surface area (Å²) >= 11 is 0. The monoisotopic (exact) mass is 413 g/mol. The molecular formula is C25H23N3O3. The molecule has 4 aromatic rings. The predicted molar refractivity (Wildman–Crippen MR) is 120 cm³/mol. The Morgan fingerprint density at radius 2 is 1.87 bits per heavy atom. The molecule has 0 saturated carbocycles. The Bertz CT molecular complexity index is 1260. The average molecular weight is 413 g/mol. The van der Waals surface area contributed by atoms with Gasteiger partial charge in [0.15, 0.2) is 0 Å². The fourth-order valence-corrected chi connectivity index (χ4v) is 3.47. The first kappa shape index (κ1) is 20.3. The highest BCUT2D eigenvalue weighted by molar-refractivity contribution is 5.94. The number of amides is 1. The van der Waals surface area contributed by atoms with E-state index in [9.17, 15) is 9.59 Å². The second-order valence-corrected chi connectivity index (χ2v) is 7.47. The molecule has 0 atom stereocenters. The quantitative estimate of drug-likeness (QED) is 0.517. The number of carbonyl (C=O) groups is 1. The van der Waals surface area contributed by atoms with Crippen molar-refractivity contribution < 1.29 is 9.53 Å². The highest BCUT2D eigenvalue weighted by Gasteiger charge is 2.18. The Morgan fingerprint density at radius 1 is 1.06 bits per heavy atom. The number of hydrogen-bond acceptors (Lipinski definition) is 4. The summed E-state index contributed by atoms with van der Waals surface area (Å²) in [5, 5.41) is 0.875. The van der Waals surface area contributed by atoms with Crippen molar-refractivity contribution in [1.82, 2.24) is 14.9 Å². The third-order valence-electron chi connectivity index (χ3n) is 5.17. The van der Waals surface area contributed by atoms with Crippen molar-refractivity contribution in [3.8, 4) is 5.75 Å². The zero-order valence-corrected chi connectivity index (χ0v) is 17.5. The van der Waals surface area contributed by atoms with Crippen LogP contribution in [0.25, 0.3) is 10.9 Å². The summed E-state index contributed by atoms with van der Waals surface area (Å²) in [6, 6.07) is 18.5. The summed E-state index contributed by atoms with van der Waals surface area (Å²) in [4.78, 5) is 34.8. The van der Waals surface area contributed by atoms with E-state index >= 15 is 0 Å². The van der Waals surface area contributed by atoms with Crippen molar-refractivity contribution >= 4 is 16.8 Å². The predicted octanol–water partition coefficient (Wildman–Crippen LogP) is 4.08. The van der Waals surface area contributed by atoms with Gasteiger partial charge < -0.3 is 14.6 Å². The lowest BCUT2D eigenvalue weighted by atomic mass is 10.1. The van der Waals surface area contributed by atoms with Crippen LogP contribution in [-0.4, -0.2) is 27.9 Å². The van der Waals surface area contributed by atoms with Crippen LogP contribution in [0.15, 0.2) is 77.9 Å². The fourth-order valence-electron chi connectivity index (χ4n) is 3.47. The molecule has 0 aliphatic heterocycles. The molecule has 31 heavy (non-hydrogen) atoms. The largest absolute Gasteiger partial charge is 0.497 e. The van der Waals surface area contributed by atoms with Gasteiger partial charge in [-0.3, -0.25) is 14.6 Å². The molecule has 2 aromatic heterocycles. The molecule has 6 nitrogen and oxygen atoms in total. The smallest absolute Gasteiger partial charge is 0.254 e. The summed E-state index contributed by atoms with van der Waals surface area (Å²) in [6.45, 7) is 2.50. The average Bonchev–Trinajstić information content (AvgIpc) is 2.79. The van der Waals surface area contributed by atoms with E-state index in [4.69, 9.17) is 4.74 Å². The SMILES string of the molecule is COc1ccc2cc(CN(Cc3cccnc3)C(=O)c3ccc(C)cc3)c(=O)[nH]c2c1. The maximum atomic E-state index is 13.3. The van der Waals surface area contributed by atoms with E-state index in [1.54, 1.807) is 30.5 Å². The molecule has 0 spiro atoms. The van der Waals surface area contributed by atoms with Gasteiger partial charge in [0, 0.05) is 36.1 Å². The number of hydrogen-bond donors (Lipinski definition) is 1. The Hall–Kier alpha value is -3.93. The Labute approximate surface area is 180 Å². The summed E-state index contributed by atoms with van der Waals surface area (Å²) in [7, 11) is 1.58. The van der Waals surface area contributed by atoms with Crippen LogP contribution in [0.5, 0.6) is 5.75 Å². The summed E-state index contributed by atoms with van der Waals surface area (Å²) in [5.74, 6) is 0.529. The number of aryl methyl sites for hydroxylation is 1. The third-order valence-corrected chi connectivity index (χ3v) is 5.17. The maximum Gasteiger partial charge on any atom is 0.254 e. The number of aromatic nitrogens is 2. The molecule has 2 aromatic carbocycles. The van der Waals surface area contributed by atoms with Gasteiger partial charge in [-0.25, -0.2) is 0 Å². The number of rotatable bonds is 6. The Kier molecular flexibility index (Phi) is 5.80. The zero-order valence-electron chi connectivity index (χ0n) is 17.5. The molecule has 4 rings (SSSR count). The van der Waals surface area contributed by atoms with Crippen molar-refractivity contribution in [3.05, 3.63) is 106 Å². The first-order valence-corrected chi connectivity index (χ1v) is 9.98. The third kappa shape index (κ3) is 4.64. The number of aromatic amines is 1. The van der Waals surface area contributed by atoms with E-state index in [1.807, 2.05) is 61.5 Å². The van der Waals surface area contributed by atoms with Gasteiger partial charge in [-0.1, -0.05) is 23.8 Å². The van der Waals surface area contributed by atoms with Gasteiger partial charge in [-0.2, -0.15) is 0 Å². The number of benzene rings is 2. The Balaban J connectivity index is 1.69. The van der Waals surface area contributed by atoms with E-state index in [-0.39, 0.29) is 18.0 Å².